The number of benzene rings is 2. The van der Waals surface area contributed by atoms with Crippen LogP contribution in [0, 0.1) is 11.8 Å². The van der Waals surface area contributed by atoms with Crippen LogP contribution in [0.15, 0.2) is 48.5 Å². The number of nitrogens with zero attached hydrogens (tertiary/aromatic N) is 1. The molecule has 1 saturated heterocycles. The van der Waals surface area contributed by atoms with Gasteiger partial charge in [-0.25, -0.2) is 5.48 Å². The molecule has 1 heterocycles. The molecule has 2 aromatic rings. The summed E-state index contributed by atoms with van der Waals surface area (Å²) in [5, 5.41) is 11.3. The van der Waals surface area contributed by atoms with Crippen molar-refractivity contribution in [3.63, 3.8) is 0 Å². The Labute approximate surface area is 194 Å². The van der Waals surface area contributed by atoms with Crippen molar-refractivity contribution in [2.24, 2.45) is 5.73 Å². The summed E-state index contributed by atoms with van der Waals surface area (Å²) in [5.74, 6) is 5.00. The van der Waals surface area contributed by atoms with Gasteiger partial charge in [0.05, 0.1) is 6.61 Å². The zero-order valence-electron chi connectivity index (χ0n) is 18.7. The lowest BCUT2D eigenvalue weighted by Crippen LogP contribution is -2.54. The van der Waals surface area contributed by atoms with E-state index in [9.17, 15) is 9.59 Å². The summed E-state index contributed by atoms with van der Waals surface area (Å²) in [5.41, 5.74) is 10.5. The fourth-order valence-electron chi connectivity index (χ4n) is 3.49. The van der Waals surface area contributed by atoms with Gasteiger partial charge >= 0.3 is 0 Å². The highest BCUT2D eigenvalue weighted by Gasteiger charge is 2.24. The Morgan fingerprint density at radius 2 is 1.70 bits per heavy atom. The molecule has 0 aliphatic carbocycles. The molecule has 174 valence electrons. The van der Waals surface area contributed by atoms with E-state index in [1.54, 1.807) is 31.2 Å². The lowest BCUT2D eigenvalue weighted by molar-refractivity contribution is -0.131. The van der Waals surface area contributed by atoms with Crippen LogP contribution in [-0.4, -0.2) is 60.3 Å². The van der Waals surface area contributed by atoms with Crippen LogP contribution in [-0.2, 0) is 16.1 Å². The van der Waals surface area contributed by atoms with Gasteiger partial charge in [-0.05, 0) is 55.3 Å². The summed E-state index contributed by atoms with van der Waals surface area (Å²) in [4.78, 5) is 26.4. The van der Waals surface area contributed by atoms with E-state index in [-0.39, 0.29) is 0 Å². The molecule has 0 spiro atoms. The molecule has 2 aromatic carbocycles. The smallest absolute Gasteiger partial charge is 0.267 e. The number of amides is 2. The van der Waals surface area contributed by atoms with Crippen molar-refractivity contribution < 1.29 is 19.5 Å². The quantitative estimate of drug-likeness (QED) is 0.299. The monoisotopic (exact) mass is 450 g/mol. The van der Waals surface area contributed by atoms with E-state index >= 15 is 0 Å². The third kappa shape index (κ3) is 7.41. The minimum absolute atomic E-state index is 0.361. The van der Waals surface area contributed by atoms with Gasteiger partial charge in [-0.1, -0.05) is 24.0 Å². The lowest BCUT2D eigenvalue weighted by atomic mass is 10.1. The number of rotatable bonds is 6. The van der Waals surface area contributed by atoms with Crippen LogP contribution in [0.25, 0.3) is 0 Å². The van der Waals surface area contributed by atoms with Gasteiger partial charge in [0, 0.05) is 49.0 Å². The Balaban J connectivity index is 1.58. The van der Waals surface area contributed by atoms with Crippen LogP contribution in [0.4, 0.5) is 0 Å². The van der Waals surface area contributed by atoms with Crippen LogP contribution in [0.1, 0.15) is 40.4 Å². The molecule has 0 saturated carbocycles. The maximum Gasteiger partial charge on any atom is 0.267 e. The number of carbonyl (C=O) groups excluding carboxylic acids is 2. The van der Waals surface area contributed by atoms with Crippen LogP contribution in [0.5, 0.6) is 0 Å². The van der Waals surface area contributed by atoms with E-state index in [2.05, 4.69) is 34.2 Å². The van der Waals surface area contributed by atoms with Gasteiger partial charge in [-0.15, -0.1) is 0 Å². The first-order valence-corrected chi connectivity index (χ1v) is 11.0. The maximum absolute atomic E-state index is 12.4. The van der Waals surface area contributed by atoms with Crippen molar-refractivity contribution in [1.82, 2.24) is 15.7 Å². The highest BCUT2D eigenvalue weighted by Crippen LogP contribution is 2.10. The Hall–Kier alpha value is -3.22. The minimum Gasteiger partial charge on any atom is -0.380 e. The highest BCUT2D eigenvalue weighted by molar-refractivity contribution is 5.97. The topological polar surface area (TPSA) is 117 Å². The molecule has 5 N–H and O–H groups in total. The molecule has 0 radical (unpaired) electrons. The first-order valence-electron chi connectivity index (χ1n) is 11.0. The van der Waals surface area contributed by atoms with E-state index < -0.39 is 23.9 Å². The van der Waals surface area contributed by atoms with Crippen LogP contribution < -0.4 is 16.5 Å². The molecule has 1 fully saturated rings. The SMILES string of the molecule is C[C@@H](N)[C@H](NC(=O)c1ccc(C#Cc2ccc(CN3CCCOCC3)cc2)cc1)C(=O)NO. The largest absolute Gasteiger partial charge is 0.380 e. The average molecular weight is 451 g/mol. The number of hydrogen-bond acceptors (Lipinski definition) is 6. The summed E-state index contributed by atoms with van der Waals surface area (Å²) in [7, 11) is 0. The number of nitrogens with two attached hydrogens (primary N) is 1. The van der Waals surface area contributed by atoms with Crippen molar-refractivity contribution in [3.05, 3.63) is 70.8 Å². The van der Waals surface area contributed by atoms with Crippen molar-refractivity contribution in [1.29, 1.82) is 0 Å². The van der Waals surface area contributed by atoms with Gasteiger partial charge in [-0.2, -0.15) is 0 Å². The number of hydrogen-bond donors (Lipinski definition) is 4. The van der Waals surface area contributed by atoms with E-state index in [1.165, 1.54) is 11.0 Å². The molecule has 1 aliphatic rings. The third-order valence-corrected chi connectivity index (χ3v) is 5.38. The second-order valence-electron chi connectivity index (χ2n) is 8.05. The molecule has 2 amide bonds. The van der Waals surface area contributed by atoms with Crippen molar-refractivity contribution in [2.45, 2.75) is 32.0 Å². The predicted molar refractivity (Wildman–Crippen MR) is 124 cm³/mol. The predicted octanol–water partition coefficient (Wildman–Crippen LogP) is 1.26. The summed E-state index contributed by atoms with van der Waals surface area (Å²) >= 11 is 0. The van der Waals surface area contributed by atoms with E-state index in [4.69, 9.17) is 15.7 Å². The van der Waals surface area contributed by atoms with Crippen molar-refractivity contribution in [3.8, 4) is 11.8 Å². The van der Waals surface area contributed by atoms with Gasteiger partial charge in [0.15, 0.2) is 0 Å². The molecule has 1 aliphatic heterocycles. The fourth-order valence-corrected chi connectivity index (χ4v) is 3.49. The molecule has 0 aromatic heterocycles. The number of hydroxylamine groups is 1. The molecule has 2 atom stereocenters. The summed E-state index contributed by atoms with van der Waals surface area (Å²) in [6, 6.07) is 13.2. The molecule has 8 nitrogen and oxygen atoms in total. The van der Waals surface area contributed by atoms with Gasteiger partial charge in [-0.3, -0.25) is 19.7 Å². The Bertz CT molecular complexity index is 986. The van der Waals surface area contributed by atoms with Gasteiger partial charge in [0.1, 0.15) is 6.04 Å². The Morgan fingerprint density at radius 1 is 1.06 bits per heavy atom. The molecular formula is C25H30N4O4. The minimum atomic E-state index is -1.04. The molecule has 0 unspecified atom stereocenters. The normalized spacial score (nSPS) is 16.0. The fraction of sp³-hybridized carbons (Fsp3) is 0.360. The van der Waals surface area contributed by atoms with Crippen molar-refractivity contribution >= 4 is 11.8 Å². The van der Waals surface area contributed by atoms with Crippen LogP contribution in [0.3, 0.4) is 0 Å². The molecule has 8 heteroatoms. The lowest BCUT2D eigenvalue weighted by Gasteiger charge is -2.20. The molecule has 0 bridgehead atoms. The Morgan fingerprint density at radius 3 is 2.30 bits per heavy atom. The number of carbonyl (C=O) groups is 2. The molecular weight excluding hydrogens is 420 g/mol. The van der Waals surface area contributed by atoms with Crippen molar-refractivity contribution in [2.75, 3.05) is 26.3 Å². The van der Waals surface area contributed by atoms with Gasteiger partial charge in [0.2, 0.25) is 0 Å². The van der Waals surface area contributed by atoms with Gasteiger partial charge in [0.25, 0.3) is 11.8 Å². The first-order chi connectivity index (χ1) is 16.0. The molecule has 3 rings (SSSR count). The number of nitrogens with one attached hydrogen (secondary N) is 2. The highest BCUT2D eigenvalue weighted by atomic mass is 16.5. The van der Waals surface area contributed by atoms with Gasteiger partial charge < -0.3 is 15.8 Å². The zero-order valence-corrected chi connectivity index (χ0v) is 18.7. The summed E-state index contributed by atoms with van der Waals surface area (Å²) in [6.07, 6.45) is 1.06. The van der Waals surface area contributed by atoms with Crippen LogP contribution >= 0.6 is 0 Å². The van der Waals surface area contributed by atoms with E-state index in [0.717, 1.165) is 50.4 Å². The summed E-state index contributed by atoms with van der Waals surface area (Å²) in [6.45, 7) is 6.10. The third-order valence-electron chi connectivity index (χ3n) is 5.38. The zero-order chi connectivity index (χ0) is 23.6. The second kappa shape index (κ2) is 12.1. The standard InChI is InChI=1S/C25H30N4O4/c1-18(26)23(25(31)28-32)27-24(30)22-11-9-20(10-12-22)4-3-19-5-7-21(8-6-19)17-29-13-2-15-33-16-14-29/h5-12,18,23,32H,2,13-17,26H2,1H3,(H,27,30)(H,28,31)/t18-,23+/m1/s1. The Kier molecular flexibility index (Phi) is 8.98. The number of ether oxygens (including phenoxy) is 1. The second-order valence-corrected chi connectivity index (χ2v) is 8.05. The maximum atomic E-state index is 12.4. The first kappa shape index (κ1) is 24.4. The average Bonchev–Trinajstić information content (AvgIpc) is 3.10. The van der Waals surface area contributed by atoms with E-state index in [1.807, 2.05) is 12.1 Å². The van der Waals surface area contributed by atoms with Crippen LogP contribution in [0.2, 0.25) is 0 Å². The summed E-state index contributed by atoms with van der Waals surface area (Å²) < 4.78 is 5.50. The molecule has 33 heavy (non-hydrogen) atoms. The van der Waals surface area contributed by atoms with E-state index in [0.29, 0.717) is 5.56 Å².